The van der Waals surface area contributed by atoms with Crippen molar-refractivity contribution in [3.63, 3.8) is 0 Å². The number of benzene rings is 1. The molecule has 0 aliphatic carbocycles. The maximum absolute atomic E-state index is 14.1. The number of amides is 5. The van der Waals surface area contributed by atoms with Gasteiger partial charge in [0.05, 0.1) is 6.54 Å². The van der Waals surface area contributed by atoms with Crippen molar-refractivity contribution in [3.8, 4) is 0 Å². The molecule has 1 aromatic rings. The predicted octanol–water partition coefficient (Wildman–Crippen LogP) is 0.804. The van der Waals surface area contributed by atoms with Crippen LogP contribution in [0.1, 0.15) is 70.4 Å². The Morgan fingerprint density at radius 1 is 0.962 bits per heavy atom. The zero-order chi connectivity index (χ0) is 39.3. The number of hydrogen-bond acceptors (Lipinski definition) is 9. The van der Waals surface area contributed by atoms with Gasteiger partial charge in [-0.05, 0) is 60.7 Å². The summed E-state index contributed by atoms with van der Waals surface area (Å²) in [5, 5.41) is 20.0. The average Bonchev–Trinajstić information content (AvgIpc) is 3.57. The number of nitrogens with zero attached hydrogens (tertiary/aromatic N) is 1. The highest BCUT2D eigenvalue weighted by molar-refractivity contribution is 7.98. The van der Waals surface area contributed by atoms with E-state index in [9.17, 15) is 42.8 Å². The number of halogens is 1. The van der Waals surface area contributed by atoms with E-state index in [0.717, 1.165) is 12.1 Å². The molecular weight excluding hydrogens is 722 g/mol. The zero-order valence-corrected chi connectivity index (χ0v) is 31.8. The van der Waals surface area contributed by atoms with Gasteiger partial charge in [0.15, 0.2) is 0 Å². The first-order chi connectivity index (χ1) is 24.3. The maximum atomic E-state index is 14.1. The Morgan fingerprint density at radius 3 is 2.10 bits per heavy atom. The summed E-state index contributed by atoms with van der Waals surface area (Å²) in [6.45, 7) is 6.77. The molecule has 52 heavy (non-hydrogen) atoms. The second-order valence-corrected chi connectivity index (χ2v) is 16.1. The standard InChI is InChI=1S/C33H52FN6O10PS/c1-18(2)15-24(33(46)47)38-29(42)22(12-14-52-5)37-31(44)25-7-6-13-40(25)32(45)27(19(3)4)39-30(43)23(36-26(41)17-35)16-20-8-10-21(11-9-20)28(34)51(48,49)50/h8-11,18-19,22-25,27-28H,6-7,12-17,35H2,1-5H3,(H,36,41)(H,37,44)(H,38,42)(H,39,43)(H,46,47)(H2,48,49,50)/t22-,23+,24-,25-,27-,28?/m0/s1. The summed E-state index contributed by atoms with van der Waals surface area (Å²) in [6.07, 6.45) is 2.84. The van der Waals surface area contributed by atoms with Crippen molar-refractivity contribution >= 4 is 54.9 Å². The van der Waals surface area contributed by atoms with Crippen LogP contribution < -0.4 is 27.0 Å². The minimum absolute atomic E-state index is 0.0137. The molecular formula is C33H52FN6O10PS. The molecule has 1 aliphatic rings. The van der Waals surface area contributed by atoms with E-state index in [1.807, 2.05) is 20.1 Å². The normalized spacial score (nSPS) is 17.5. The first-order valence-electron chi connectivity index (χ1n) is 17.0. The van der Waals surface area contributed by atoms with Gasteiger partial charge in [0.25, 0.3) is 0 Å². The Balaban J connectivity index is 2.25. The van der Waals surface area contributed by atoms with Gasteiger partial charge in [0, 0.05) is 13.0 Å². The summed E-state index contributed by atoms with van der Waals surface area (Å²) in [5.41, 5.74) is 5.59. The number of alkyl halides is 1. The van der Waals surface area contributed by atoms with E-state index in [4.69, 9.17) is 15.5 Å². The van der Waals surface area contributed by atoms with Crippen molar-refractivity contribution in [1.29, 1.82) is 0 Å². The Morgan fingerprint density at radius 2 is 1.58 bits per heavy atom. The number of likely N-dealkylation sites (tertiary alicyclic amines) is 1. The van der Waals surface area contributed by atoms with E-state index in [1.165, 1.54) is 28.8 Å². The van der Waals surface area contributed by atoms with Crippen molar-refractivity contribution in [3.05, 3.63) is 35.4 Å². The van der Waals surface area contributed by atoms with Crippen LogP contribution in [0.25, 0.3) is 0 Å². The van der Waals surface area contributed by atoms with Crippen molar-refractivity contribution in [2.24, 2.45) is 17.6 Å². The lowest BCUT2D eigenvalue weighted by Crippen LogP contribution is -2.60. The third kappa shape index (κ3) is 13.4. The van der Waals surface area contributed by atoms with Gasteiger partial charge in [0.1, 0.15) is 30.2 Å². The van der Waals surface area contributed by atoms with Gasteiger partial charge < -0.3 is 46.8 Å². The van der Waals surface area contributed by atoms with E-state index in [-0.39, 0.29) is 43.7 Å². The lowest BCUT2D eigenvalue weighted by atomic mass is 9.99. The molecule has 0 aromatic heterocycles. The summed E-state index contributed by atoms with van der Waals surface area (Å²) >= 11 is 1.44. The molecule has 0 saturated carbocycles. The van der Waals surface area contributed by atoms with E-state index in [2.05, 4.69) is 21.3 Å². The molecule has 1 unspecified atom stereocenters. The molecule has 0 spiro atoms. The molecule has 19 heteroatoms. The molecule has 6 atom stereocenters. The van der Waals surface area contributed by atoms with Crippen LogP contribution in [0.5, 0.6) is 0 Å². The number of carbonyl (C=O) groups is 6. The first kappa shape index (κ1) is 44.6. The van der Waals surface area contributed by atoms with Gasteiger partial charge in [-0.15, -0.1) is 0 Å². The van der Waals surface area contributed by atoms with Gasteiger partial charge in [-0.1, -0.05) is 52.0 Å². The molecule has 0 radical (unpaired) electrons. The predicted molar refractivity (Wildman–Crippen MR) is 192 cm³/mol. The van der Waals surface area contributed by atoms with Gasteiger partial charge >= 0.3 is 13.6 Å². The van der Waals surface area contributed by atoms with Crippen molar-refractivity contribution < 1.29 is 52.6 Å². The molecule has 2 rings (SSSR count). The molecule has 5 amide bonds. The molecule has 1 aliphatic heterocycles. The third-order valence-corrected chi connectivity index (χ3v) is 9.99. The fraction of sp³-hybridized carbons (Fsp3) is 0.636. The quantitative estimate of drug-likeness (QED) is 0.0857. The summed E-state index contributed by atoms with van der Waals surface area (Å²) in [7, 11) is -5.05. The van der Waals surface area contributed by atoms with Gasteiger partial charge in [-0.25, -0.2) is 9.18 Å². The first-order valence-corrected chi connectivity index (χ1v) is 20.1. The largest absolute Gasteiger partial charge is 0.480 e. The number of thioether (sulfide) groups is 1. The number of nitrogens with one attached hydrogen (secondary N) is 4. The van der Waals surface area contributed by atoms with Gasteiger partial charge in [-0.2, -0.15) is 11.8 Å². The van der Waals surface area contributed by atoms with Gasteiger partial charge in [-0.3, -0.25) is 28.5 Å². The van der Waals surface area contributed by atoms with Crippen LogP contribution in [-0.4, -0.2) is 111 Å². The fourth-order valence-corrected chi connectivity index (χ4v) is 6.72. The Labute approximate surface area is 307 Å². The minimum Gasteiger partial charge on any atom is -0.480 e. The Bertz CT molecular complexity index is 1460. The smallest absolute Gasteiger partial charge is 0.363 e. The molecule has 1 heterocycles. The van der Waals surface area contributed by atoms with E-state index < -0.39 is 91.7 Å². The summed E-state index contributed by atoms with van der Waals surface area (Å²) < 4.78 is 25.5. The van der Waals surface area contributed by atoms with Crippen LogP contribution in [-0.2, 0) is 39.8 Å². The van der Waals surface area contributed by atoms with E-state index in [0.29, 0.717) is 17.7 Å². The topological polar surface area (TPSA) is 258 Å². The number of hydrogen-bond donors (Lipinski definition) is 8. The average molecular weight is 775 g/mol. The highest BCUT2D eigenvalue weighted by atomic mass is 32.2. The lowest BCUT2D eigenvalue weighted by molar-refractivity contribution is -0.144. The number of carboxylic acids is 1. The van der Waals surface area contributed by atoms with E-state index in [1.54, 1.807) is 13.8 Å². The summed E-state index contributed by atoms with van der Waals surface area (Å²) in [4.78, 5) is 98.1. The number of nitrogens with two attached hydrogens (primary N) is 1. The maximum Gasteiger partial charge on any atom is 0.363 e. The number of rotatable bonds is 20. The molecule has 1 saturated heterocycles. The molecule has 1 fully saturated rings. The SMILES string of the molecule is CSCC[C@H](NC(=O)[C@@H]1CCCN1C(=O)[C@@H](NC(=O)[C@@H](Cc1ccc(C(F)P(=O)(O)O)cc1)NC(=O)CN)C(C)C)C(=O)N[C@@H](CC(C)C)C(=O)O. The fourth-order valence-electron chi connectivity index (χ4n) is 5.69. The van der Waals surface area contributed by atoms with Crippen molar-refractivity contribution in [2.75, 3.05) is 25.1 Å². The lowest BCUT2D eigenvalue weighted by Gasteiger charge is -2.32. The second kappa shape index (κ2) is 20.6. The number of aliphatic carboxylic acids is 1. The van der Waals surface area contributed by atoms with Crippen LogP contribution in [0.2, 0.25) is 0 Å². The summed E-state index contributed by atoms with van der Waals surface area (Å²) in [5.74, 6) is -6.96. The molecule has 0 bridgehead atoms. The van der Waals surface area contributed by atoms with Crippen molar-refractivity contribution in [2.45, 2.75) is 95.9 Å². The highest BCUT2D eigenvalue weighted by Crippen LogP contribution is 2.52. The van der Waals surface area contributed by atoms with Crippen LogP contribution >= 0.6 is 19.4 Å². The molecule has 292 valence electrons. The number of carbonyl (C=O) groups excluding carboxylic acids is 5. The van der Waals surface area contributed by atoms with Crippen molar-refractivity contribution in [1.82, 2.24) is 26.2 Å². The Kier molecular flexibility index (Phi) is 17.7. The monoisotopic (exact) mass is 774 g/mol. The second-order valence-electron chi connectivity index (χ2n) is 13.5. The molecule has 9 N–H and O–H groups in total. The molecule has 16 nitrogen and oxygen atoms in total. The summed E-state index contributed by atoms with van der Waals surface area (Å²) in [6, 6.07) is -0.549. The van der Waals surface area contributed by atoms with Crippen LogP contribution in [0.3, 0.4) is 0 Å². The minimum atomic E-state index is -5.05. The molecule has 1 aromatic carbocycles. The Hall–Kier alpha value is -3.57. The van der Waals surface area contributed by atoms with Crippen LogP contribution in [0.4, 0.5) is 4.39 Å². The van der Waals surface area contributed by atoms with Crippen LogP contribution in [0.15, 0.2) is 24.3 Å². The van der Waals surface area contributed by atoms with Crippen LogP contribution in [0, 0.1) is 11.8 Å². The van der Waals surface area contributed by atoms with Gasteiger partial charge in [0.2, 0.25) is 35.4 Å². The zero-order valence-electron chi connectivity index (χ0n) is 30.0. The highest BCUT2D eigenvalue weighted by Gasteiger charge is 2.40. The van der Waals surface area contributed by atoms with E-state index >= 15 is 0 Å². The third-order valence-electron chi connectivity index (χ3n) is 8.46. The number of carboxylic acid groups (broad SMARTS) is 1.